The lowest BCUT2D eigenvalue weighted by molar-refractivity contribution is -0.342. The summed E-state index contributed by atoms with van der Waals surface area (Å²) in [6.45, 7) is 14.2. The number of ether oxygens (including phenoxy) is 5. The van der Waals surface area contributed by atoms with Crippen molar-refractivity contribution in [1.82, 2.24) is 0 Å². The Balaban J connectivity index is 1.45. The summed E-state index contributed by atoms with van der Waals surface area (Å²) in [7, 11) is 0. The maximum atomic E-state index is 12.3. The average molecular weight is 451 g/mol. The highest BCUT2D eigenvalue weighted by molar-refractivity contribution is 5.69. The zero-order valence-corrected chi connectivity index (χ0v) is 20.3. The standard InChI is InChI=1S/C25H38O7/c1-17-11-18(12-19(22(17)27)23(2,3)4)7-8-20(26)30-10-9-21-31-15-25(24(5,6)32-21)13-28-16-29-14-25/h11-12,21,27H,7-10,13-16H2,1-6H3. The fraction of sp³-hybridized carbons (Fsp3) is 0.720. The van der Waals surface area contributed by atoms with Gasteiger partial charge >= 0.3 is 5.97 Å². The summed E-state index contributed by atoms with van der Waals surface area (Å²) in [5.74, 6) is 0.0704. The van der Waals surface area contributed by atoms with Crippen molar-refractivity contribution in [3.8, 4) is 5.75 Å². The topological polar surface area (TPSA) is 83.5 Å². The van der Waals surface area contributed by atoms with E-state index in [0.717, 1.165) is 16.7 Å². The van der Waals surface area contributed by atoms with Crippen molar-refractivity contribution in [1.29, 1.82) is 0 Å². The highest BCUT2D eigenvalue weighted by Crippen LogP contribution is 2.42. The van der Waals surface area contributed by atoms with Crippen molar-refractivity contribution in [2.75, 3.05) is 33.2 Å². The third-order valence-electron chi connectivity index (χ3n) is 6.57. The molecule has 2 aliphatic heterocycles. The zero-order valence-electron chi connectivity index (χ0n) is 20.3. The Labute approximate surface area is 191 Å². The zero-order chi connectivity index (χ0) is 23.6. The van der Waals surface area contributed by atoms with E-state index in [2.05, 4.69) is 20.8 Å². The molecule has 2 heterocycles. The second-order valence-electron chi connectivity index (χ2n) is 10.5. The van der Waals surface area contributed by atoms with Crippen LogP contribution in [0.5, 0.6) is 5.75 Å². The lowest BCUT2D eigenvalue weighted by Gasteiger charge is -2.52. The third kappa shape index (κ3) is 5.63. The molecule has 1 N–H and O–H groups in total. The predicted octanol–water partition coefficient (Wildman–Crippen LogP) is 4.01. The number of phenolic OH excluding ortho intramolecular Hbond substituents is 1. The van der Waals surface area contributed by atoms with Crippen molar-refractivity contribution in [3.63, 3.8) is 0 Å². The number of rotatable bonds is 6. The number of phenols is 1. The molecule has 0 aliphatic carbocycles. The monoisotopic (exact) mass is 450 g/mol. The van der Waals surface area contributed by atoms with Crippen LogP contribution in [0.4, 0.5) is 0 Å². The van der Waals surface area contributed by atoms with Gasteiger partial charge in [-0.3, -0.25) is 4.79 Å². The first kappa shape index (κ1) is 25.0. The van der Waals surface area contributed by atoms with E-state index in [-0.39, 0.29) is 29.8 Å². The molecule has 0 saturated carbocycles. The number of hydrogen-bond donors (Lipinski definition) is 1. The average Bonchev–Trinajstić information content (AvgIpc) is 2.71. The molecule has 2 saturated heterocycles. The summed E-state index contributed by atoms with van der Waals surface area (Å²) in [6, 6.07) is 3.91. The van der Waals surface area contributed by atoms with Crippen LogP contribution in [0.25, 0.3) is 0 Å². The molecule has 32 heavy (non-hydrogen) atoms. The molecule has 2 aliphatic rings. The third-order valence-corrected chi connectivity index (χ3v) is 6.57. The van der Waals surface area contributed by atoms with Crippen LogP contribution in [0, 0.1) is 12.3 Å². The van der Waals surface area contributed by atoms with Crippen molar-refractivity contribution in [2.45, 2.75) is 78.1 Å². The highest BCUT2D eigenvalue weighted by atomic mass is 16.7. The van der Waals surface area contributed by atoms with Crippen LogP contribution < -0.4 is 0 Å². The molecule has 7 heteroatoms. The van der Waals surface area contributed by atoms with Crippen LogP contribution in [0.3, 0.4) is 0 Å². The van der Waals surface area contributed by atoms with Gasteiger partial charge in [0.25, 0.3) is 0 Å². The van der Waals surface area contributed by atoms with E-state index < -0.39 is 11.9 Å². The van der Waals surface area contributed by atoms with Gasteiger partial charge < -0.3 is 28.8 Å². The van der Waals surface area contributed by atoms with E-state index in [9.17, 15) is 9.90 Å². The maximum absolute atomic E-state index is 12.3. The van der Waals surface area contributed by atoms with Gasteiger partial charge in [-0.2, -0.15) is 0 Å². The normalized spacial score (nSPS) is 22.6. The molecular formula is C25H38O7. The van der Waals surface area contributed by atoms with Crippen LogP contribution in [0.2, 0.25) is 0 Å². The molecule has 1 aromatic carbocycles. The van der Waals surface area contributed by atoms with E-state index in [0.29, 0.717) is 45.2 Å². The number of benzene rings is 1. The molecule has 1 spiro atoms. The first-order valence-electron chi connectivity index (χ1n) is 11.4. The largest absolute Gasteiger partial charge is 0.507 e. The number of aromatic hydroxyl groups is 1. The SMILES string of the molecule is Cc1cc(CCC(=O)OCCC2OCC3(COCOC3)C(C)(C)O2)cc(C(C)(C)C)c1O. The quantitative estimate of drug-likeness (QED) is 0.656. The van der Waals surface area contributed by atoms with Crippen LogP contribution in [-0.4, -0.2) is 56.2 Å². The fourth-order valence-electron chi connectivity index (χ4n) is 4.22. The van der Waals surface area contributed by atoms with Gasteiger partial charge in [-0.25, -0.2) is 0 Å². The molecule has 2 fully saturated rings. The van der Waals surface area contributed by atoms with Gasteiger partial charge in [-0.1, -0.05) is 32.9 Å². The Morgan fingerprint density at radius 3 is 2.50 bits per heavy atom. The number of carbonyl (C=O) groups excluding carboxylic acids is 1. The van der Waals surface area contributed by atoms with Gasteiger partial charge in [0.05, 0.1) is 37.4 Å². The van der Waals surface area contributed by atoms with Gasteiger partial charge in [0.15, 0.2) is 6.29 Å². The van der Waals surface area contributed by atoms with Gasteiger partial charge in [-0.05, 0) is 49.3 Å². The minimum absolute atomic E-state index is 0.173. The lowest BCUT2D eigenvalue weighted by atomic mass is 9.74. The second kappa shape index (κ2) is 9.67. The first-order valence-corrected chi connectivity index (χ1v) is 11.4. The Morgan fingerprint density at radius 1 is 1.19 bits per heavy atom. The predicted molar refractivity (Wildman–Crippen MR) is 120 cm³/mol. The number of aryl methyl sites for hydroxylation is 2. The van der Waals surface area contributed by atoms with Crippen molar-refractivity contribution < 1.29 is 33.6 Å². The molecular weight excluding hydrogens is 412 g/mol. The van der Waals surface area contributed by atoms with Gasteiger partial charge in [-0.15, -0.1) is 0 Å². The molecule has 1 atom stereocenters. The van der Waals surface area contributed by atoms with E-state index in [1.54, 1.807) is 0 Å². The van der Waals surface area contributed by atoms with E-state index in [4.69, 9.17) is 23.7 Å². The van der Waals surface area contributed by atoms with E-state index in [1.165, 1.54) is 0 Å². The molecule has 0 aromatic heterocycles. The lowest BCUT2D eigenvalue weighted by Crippen LogP contribution is -2.61. The van der Waals surface area contributed by atoms with E-state index >= 15 is 0 Å². The minimum Gasteiger partial charge on any atom is -0.507 e. The first-order chi connectivity index (χ1) is 14.9. The van der Waals surface area contributed by atoms with Crippen molar-refractivity contribution in [2.24, 2.45) is 5.41 Å². The number of hydrogen-bond acceptors (Lipinski definition) is 7. The molecule has 7 nitrogen and oxygen atoms in total. The van der Waals surface area contributed by atoms with Crippen LogP contribution >= 0.6 is 0 Å². The molecule has 3 rings (SSSR count). The summed E-state index contributed by atoms with van der Waals surface area (Å²) in [4.78, 5) is 12.3. The molecule has 0 bridgehead atoms. The van der Waals surface area contributed by atoms with Gasteiger partial charge in [0.1, 0.15) is 12.5 Å². The van der Waals surface area contributed by atoms with Gasteiger partial charge in [0.2, 0.25) is 0 Å². The van der Waals surface area contributed by atoms with Crippen LogP contribution in [0.15, 0.2) is 12.1 Å². The summed E-state index contributed by atoms with van der Waals surface area (Å²) >= 11 is 0. The number of carbonyl (C=O) groups is 1. The van der Waals surface area contributed by atoms with Gasteiger partial charge in [0, 0.05) is 12.8 Å². The van der Waals surface area contributed by atoms with Crippen LogP contribution in [-0.2, 0) is 40.3 Å². The Kier molecular flexibility index (Phi) is 7.55. The molecule has 0 radical (unpaired) electrons. The summed E-state index contributed by atoms with van der Waals surface area (Å²) in [5, 5.41) is 10.4. The van der Waals surface area contributed by atoms with Crippen LogP contribution in [0.1, 0.15) is 64.2 Å². The Bertz CT molecular complexity index is 803. The second-order valence-corrected chi connectivity index (χ2v) is 10.5. The maximum Gasteiger partial charge on any atom is 0.306 e. The summed E-state index contributed by atoms with van der Waals surface area (Å²) in [6.07, 6.45) is 0.886. The number of esters is 1. The van der Waals surface area contributed by atoms with Crippen molar-refractivity contribution >= 4 is 5.97 Å². The molecule has 1 aromatic rings. The fourth-order valence-corrected chi connectivity index (χ4v) is 4.22. The summed E-state index contributed by atoms with van der Waals surface area (Å²) < 4.78 is 28.4. The molecule has 180 valence electrons. The van der Waals surface area contributed by atoms with Crippen molar-refractivity contribution in [3.05, 3.63) is 28.8 Å². The smallest absolute Gasteiger partial charge is 0.306 e. The Morgan fingerprint density at radius 2 is 1.88 bits per heavy atom. The Hall–Kier alpha value is -1.67. The minimum atomic E-state index is -0.470. The summed E-state index contributed by atoms with van der Waals surface area (Å²) in [5.41, 5.74) is 1.76. The highest BCUT2D eigenvalue weighted by Gasteiger charge is 2.53. The molecule has 1 unspecified atom stereocenters. The van der Waals surface area contributed by atoms with E-state index in [1.807, 2.05) is 32.9 Å². The molecule has 0 amide bonds.